The minimum Gasteiger partial charge on any atom is -0.338 e. The molecule has 3 nitrogen and oxygen atoms in total. The van der Waals surface area contributed by atoms with Crippen LogP contribution in [0.15, 0.2) is 41.6 Å². The highest BCUT2D eigenvalue weighted by Crippen LogP contribution is 2.14. The number of benzene rings is 1. The average Bonchev–Trinajstić information content (AvgIpc) is 2.81. The van der Waals surface area contributed by atoms with Crippen LogP contribution in [-0.2, 0) is 20.0 Å². The van der Waals surface area contributed by atoms with E-state index in [1.54, 1.807) is 11.8 Å². The van der Waals surface area contributed by atoms with Gasteiger partial charge in [0.2, 0.25) is 0 Å². The third-order valence-corrected chi connectivity index (χ3v) is 3.68. The third-order valence-electron chi connectivity index (χ3n) is 2.93. The van der Waals surface area contributed by atoms with Gasteiger partial charge < -0.3 is 9.88 Å². The van der Waals surface area contributed by atoms with E-state index < -0.39 is 0 Å². The van der Waals surface area contributed by atoms with Crippen LogP contribution in [0.4, 0.5) is 0 Å². The number of nitrogens with zero attached hydrogens (tertiary/aromatic N) is 2. The SMILES string of the molecule is CSc1ccc(CNCCc2nccn2C)cc1. The van der Waals surface area contributed by atoms with E-state index in [1.807, 2.05) is 19.4 Å². The molecule has 0 aliphatic heterocycles. The second-order valence-corrected chi connectivity index (χ2v) is 5.11. The summed E-state index contributed by atoms with van der Waals surface area (Å²) in [7, 11) is 2.03. The molecule has 0 spiro atoms. The van der Waals surface area contributed by atoms with E-state index in [2.05, 4.69) is 45.4 Å². The maximum absolute atomic E-state index is 4.30. The van der Waals surface area contributed by atoms with Crippen LogP contribution >= 0.6 is 11.8 Å². The van der Waals surface area contributed by atoms with Crippen molar-refractivity contribution in [3.63, 3.8) is 0 Å². The topological polar surface area (TPSA) is 29.9 Å². The van der Waals surface area contributed by atoms with Crippen LogP contribution < -0.4 is 5.32 Å². The van der Waals surface area contributed by atoms with E-state index in [0.717, 1.165) is 25.3 Å². The summed E-state index contributed by atoms with van der Waals surface area (Å²) in [5.41, 5.74) is 1.33. The monoisotopic (exact) mass is 261 g/mol. The Bertz CT molecular complexity index is 476. The van der Waals surface area contributed by atoms with Gasteiger partial charge in [-0.05, 0) is 24.0 Å². The molecule has 2 aromatic rings. The highest BCUT2D eigenvalue weighted by Gasteiger charge is 1.98. The lowest BCUT2D eigenvalue weighted by Crippen LogP contribution is -2.18. The first kappa shape index (κ1) is 13.2. The van der Waals surface area contributed by atoms with E-state index in [0.29, 0.717) is 0 Å². The van der Waals surface area contributed by atoms with Gasteiger partial charge in [0.1, 0.15) is 5.82 Å². The molecule has 18 heavy (non-hydrogen) atoms. The molecule has 1 aromatic carbocycles. The lowest BCUT2D eigenvalue weighted by Gasteiger charge is -2.06. The number of hydrogen-bond acceptors (Lipinski definition) is 3. The Morgan fingerprint density at radius 3 is 2.67 bits per heavy atom. The van der Waals surface area contributed by atoms with Crippen molar-refractivity contribution in [3.05, 3.63) is 48.0 Å². The predicted molar refractivity (Wildman–Crippen MR) is 76.8 cm³/mol. The molecule has 0 unspecified atom stereocenters. The van der Waals surface area contributed by atoms with Gasteiger partial charge in [-0.15, -0.1) is 11.8 Å². The second-order valence-electron chi connectivity index (χ2n) is 4.23. The normalized spacial score (nSPS) is 10.8. The quantitative estimate of drug-likeness (QED) is 0.640. The smallest absolute Gasteiger partial charge is 0.109 e. The fourth-order valence-electron chi connectivity index (χ4n) is 1.81. The number of hydrogen-bond donors (Lipinski definition) is 1. The van der Waals surface area contributed by atoms with Crippen molar-refractivity contribution in [1.29, 1.82) is 0 Å². The first-order valence-electron chi connectivity index (χ1n) is 6.09. The predicted octanol–water partition coefficient (Wildman–Crippen LogP) is 2.47. The third kappa shape index (κ3) is 3.62. The zero-order valence-corrected chi connectivity index (χ0v) is 11.7. The molecule has 0 saturated carbocycles. The van der Waals surface area contributed by atoms with Crippen molar-refractivity contribution in [2.75, 3.05) is 12.8 Å². The molecule has 0 atom stereocenters. The van der Waals surface area contributed by atoms with Crippen molar-refractivity contribution >= 4 is 11.8 Å². The van der Waals surface area contributed by atoms with Gasteiger partial charge in [0.05, 0.1) is 0 Å². The summed E-state index contributed by atoms with van der Waals surface area (Å²) < 4.78 is 2.06. The Labute approximate surface area is 113 Å². The Kier molecular flexibility index (Phi) is 4.84. The van der Waals surface area contributed by atoms with Gasteiger partial charge in [0.25, 0.3) is 0 Å². The van der Waals surface area contributed by atoms with Crippen LogP contribution in [0.2, 0.25) is 0 Å². The summed E-state index contributed by atoms with van der Waals surface area (Å²) in [6, 6.07) is 8.69. The van der Waals surface area contributed by atoms with Crippen molar-refractivity contribution in [3.8, 4) is 0 Å². The van der Waals surface area contributed by atoms with Gasteiger partial charge in [-0.1, -0.05) is 12.1 Å². The maximum atomic E-state index is 4.30. The van der Waals surface area contributed by atoms with Crippen LogP contribution in [0.5, 0.6) is 0 Å². The second kappa shape index (κ2) is 6.61. The first-order valence-corrected chi connectivity index (χ1v) is 7.32. The maximum Gasteiger partial charge on any atom is 0.109 e. The number of imidazole rings is 1. The molecule has 4 heteroatoms. The van der Waals surface area contributed by atoms with Crippen LogP contribution in [0.1, 0.15) is 11.4 Å². The number of rotatable bonds is 6. The number of aromatic nitrogens is 2. The van der Waals surface area contributed by atoms with Crippen molar-refractivity contribution in [2.24, 2.45) is 7.05 Å². The number of thioether (sulfide) groups is 1. The summed E-state index contributed by atoms with van der Waals surface area (Å²) in [4.78, 5) is 5.62. The Balaban J connectivity index is 1.73. The van der Waals surface area contributed by atoms with Crippen molar-refractivity contribution in [1.82, 2.24) is 14.9 Å². The molecule has 96 valence electrons. The Morgan fingerprint density at radius 2 is 2.06 bits per heavy atom. The average molecular weight is 261 g/mol. The molecule has 0 saturated heterocycles. The fraction of sp³-hybridized carbons (Fsp3) is 0.357. The number of nitrogens with one attached hydrogen (secondary N) is 1. The molecule has 0 amide bonds. The summed E-state index contributed by atoms with van der Waals surface area (Å²) in [5, 5.41) is 3.44. The molecule has 1 N–H and O–H groups in total. The minimum atomic E-state index is 0.916. The van der Waals surface area contributed by atoms with E-state index in [1.165, 1.54) is 10.5 Å². The van der Waals surface area contributed by atoms with Crippen LogP contribution in [-0.4, -0.2) is 22.4 Å². The minimum absolute atomic E-state index is 0.916. The molecular formula is C14H19N3S. The highest BCUT2D eigenvalue weighted by atomic mass is 32.2. The molecule has 1 aromatic heterocycles. The largest absolute Gasteiger partial charge is 0.338 e. The first-order chi connectivity index (χ1) is 8.79. The van der Waals surface area contributed by atoms with Crippen LogP contribution in [0, 0.1) is 0 Å². The summed E-state index contributed by atoms with van der Waals surface area (Å²) in [6.45, 7) is 1.87. The Morgan fingerprint density at radius 1 is 1.28 bits per heavy atom. The molecule has 0 radical (unpaired) electrons. The van der Waals surface area contributed by atoms with Gasteiger partial charge >= 0.3 is 0 Å². The zero-order valence-electron chi connectivity index (χ0n) is 10.9. The highest BCUT2D eigenvalue weighted by molar-refractivity contribution is 7.98. The van der Waals surface area contributed by atoms with Crippen LogP contribution in [0.3, 0.4) is 0 Å². The molecule has 0 bridgehead atoms. The van der Waals surface area contributed by atoms with Gasteiger partial charge in [0, 0.05) is 43.8 Å². The molecule has 0 aliphatic carbocycles. The molecule has 0 aliphatic rings. The summed E-state index contributed by atoms with van der Waals surface area (Å²) in [5.74, 6) is 1.13. The molecular weight excluding hydrogens is 242 g/mol. The van der Waals surface area contributed by atoms with Crippen molar-refractivity contribution < 1.29 is 0 Å². The standard InChI is InChI=1S/C14H19N3S/c1-17-10-9-16-14(17)7-8-15-11-12-3-5-13(18-2)6-4-12/h3-6,9-10,15H,7-8,11H2,1-2H3. The van der Waals surface area contributed by atoms with Gasteiger partial charge in [-0.25, -0.2) is 4.98 Å². The lowest BCUT2D eigenvalue weighted by atomic mass is 10.2. The van der Waals surface area contributed by atoms with Gasteiger partial charge in [-0.3, -0.25) is 0 Å². The van der Waals surface area contributed by atoms with Gasteiger partial charge in [-0.2, -0.15) is 0 Å². The molecule has 0 fully saturated rings. The molecule has 1 heterocycles. The van der Waals surface area contributed by atoms with E-state index >= 15 is 0 Å². The fourth-order valence-corrected chi connectivity index (χ4v) is 2.22. The summed E-state index contributed by atoms with van der Waals surface area (Å²) in [6.07, 6.45) is 6.89. The Hall–Kier alpha value is -1.26. The van der Waals surface area contributed by atoms with E-state index in [-0.39, 0.29) is 0 Å². The van der Waals surface area contributed by atoms with Gasteiger partial charge in [0.15, 0.2) is 0 Å². The zero-order chi connectivity index (χ0) is 12.8. The lowest BCUT2D eigenvalue weighted by molar-refractivity contribution is 0.655. The summed E-state index contributed by atoms with van der Waals surface area (Å²) >= 11 is 1.77. The van der Waals surface area contributed by atoms with E-state index in [4.69, 9.17) is 0 Å². The molecule has 2 rings (SSSR count). The number of aryl methyl sites for hydroxylation is 1. The van der Waals surface area contributed by atoms with E-state index in [9.17, 15) is 0 Å². The van der Waals surface area contributed by atoms with Crippen molar-refractivity contribution in [2.45, 2.75) is 17.9 Å². The van der Waals surface area contributed by atoms with Crippen LogP contribution in [0.25, 0.3) is 0 Å².